The molecule has 2 atom stereocenters. The highest BCUT2D eigenvalue weighted by molar-refractivity contribution is 6.75. The van der Waals surface area contributed by atoms with Crippen LogP contribution in [0.25, 0.3) is 0 Å². The molecule has 0 saturated carbocycles. The molecule has 0 aliphatic rings. The van der Waals surface area contributed by atoms with Gasteiger partial charge in [0, 0.05) is 13.2 Å². The van der Waals surface area contributed by atoms with E-state index >= 15 is 0 Å². The topological polar surface area (TPSA) is 35.5 Å². The SMILES string of the molecule is C=CC(=O)OC(CCCC)[Si](CC)(CCC)OC. The van der Waals surface area contributed by atoms with Crippen LogP contribution in [0.5, 0.6) is 0 Å². The molecule has 18 heavy (non-hydrogen) atoms. The number of rotatable bonds is 10. The summed E-state index contributed by atoms with van der Waals surface area (Å²) in [5.41, 5.74) is -0.0436. The molecule has 4 heteroatoms. The quantitative estimate of drug-likeness (QED) is 0.344. The maximum absolute atomic E-state index is 11.5. The van der Waals surface area contributed by atoms with E-state index in [9.17, 15) is 4.79 Å². The highest BCUT2D eigenvalue weighted by Gasteiger charge is 2.42. The monoisotopic (exact) mass is 272 g/mol. The van der Waals surface area contributed by atoms with Gasteiger partial charge in [-0.1, -0.05) is 46.6 Å². The summed E-state index contributed by atoms with van der Waals surface area (Å²) in [7, 11) is -0.210. The Bertz CT molecular complexity index is 249. The van der Waals surface area contributed by atoms with Crippen LogP contribution in [-0.4, -0.2) is 27.1 Å². The molecule has 0 aromatic heterocycles. The second-order valence-electron chi connectivity index (χ2n) is 4.64. The van der Waals surface area contributed by atoms with Crippen LogP contribution in [0.1, 0.15) is 46.5 Å². The molecule has 0 radical (unpaired) electrons. The first kappa shape index (κ1) is 17.4. The summed E-state index contributed by atoms with van der Waals surface area (Å²) in [6, 6.07) is 2.02. The van der Waals surface area contributed by atoms with Crippen molar-refractivity contribution in [2.75, 3.05) is 7.11 Å². The molecule has 0 aromatic rings. The largest absolute Gasteiger partial charge is 0.460 e. The molecule has 0 rings (SSSR count). The molecular formula is C14H28O3Si. The Morgan fingerprint density at radius 3 is 2.39 bits per heavy atom. The van der Waals surface area contributed by atoms with Gasteiger partial charge in [-0.2, -0.15) is 0 Å². The number of carbonyl (C=O) groups is 1. The van der Waals surface area contributed by atoms with Crippen LogP contribution >= 0.6 is 0 Å². The van der Waals surface area contributed by atoms with E-state index in [1.165, 1.54) is 6.08 Å². The average Bonchev–Trinajstić information content (AvgIpc) is 2.40. The summed E-state index contributed by atoms with van der Waals surface area (Å²) < 4.78 is 11.4. The van der Waals surface area contributed by atoms with Gasteiger partial charge in [-0.15, -0.1) is 0 Å². The molecular weight excluding hydrogens is 244 g/mol. The third-order valence-electron chi connectivity index (χ3n) is 3.51. The van der Waals surface area contributed by atoms with Gasteiger partial charge in [-0.25, -0.2) is 4.79 Å². The van der Waals surface area contributed by atoms with E-state index in [1.54, 1.807) is 7.11 Å². The second-order valence-corrected chi connectivity index (χ2v) is 9.03. The van der Waals surface area contributed by atoms with Crippen LogP contribution < -0.4 is 0 Å². The number of carbonyl (C=O) groups excluding carboxylic acids is 1. The van der Waals surface area contributed by atoms with Gasteiger partial charge in [0.25, 0.3) is 0 Å². The first-order valence-electron chi connectivity index (χ1n) is 6.98. The predicted molar refractivity (Wildman–Crippen MR) is 77.9 cm³/mol. The zero-order valence-electron chi connectivity index (χ0n) is 12.3. The lowest BCUT2D eigenvalue weighted by atomic mass is 10.3. The fourth-order valence-electron chi connectivity index (χ4n) is 2.37. The van der Waals surface area contributed by atoms with E-state index < -0.39 is 8.32 Å². The molecule has 0 heterocycles. The number of esters is 1. The Morgan fingerprint density at radius 1 is 1.33 bits per heavy atom. The van der Waals surface area contributed by atoms with Gasteiger partial charge in [0.2, 0.25) is 8.32 Å². The van der Waals surface area contributed by atoms with Crippen LogP contribution in [0.2, 0.25) is 12.1 Å². The van der Waals surface area contributed by atoms with Crippen molar-refractivity contribution in [3.8, 4) is 0 Å². The predicted octanol–water partition coefficient (Wildman–Crippen LogP) is 3.84. The van der Waals surface area contributed by atoms with Gasteiger partial charge in [0.05, 0.1) is 0 Å². The van der Waals surface area contributed by atoms with Crippen LogP contribution in [-0.2, 0) is 14.0 Å². The number of ether oxygens (including phenoxy) is 1. The maximum Gasteiger partial charge on any atom is 0.330 e. The minimum absolute atomic E-state index is 0.0436. The lowest BCUT2D eigenvalue weighted by molar-refractivity contribution is -0.140. The molecule has 0 N–H and O–H groups in total. The molecule has 0 bridgehead atoms. The molecule has 0 fully saturated rings. The molecule has 0 saturated heterocycles. The minimum atomic E-state index is -1.98. The Hall–Kier alpha value is -0.613. The van der Waals surface area contributed by atoms with Crippen LogP contribution in [0.4, 0.5) is 0 Å². The van der Waals surface area contributed by atoms with Crippen LogP contribution in [0.3, 0.4) is 0 Å². The summed E-state index contributed by atoms with van der Waals surface area (Å²) >= 11 is 0. The van der Waals surface area contributed by atoms with E-state index in [1.807, 2.05) is 0 Å². The van der Waals surface area contributed by atoms with Crippen molar-refractivity contribution in [3.63, 3.8) is 0 Å². The number of unbranched alkanes of at least 4 members (excludes halogenated alkanes) is 1. The van der Waals surface area contributed by atoms with Gasteiger partial charge in [0.15, 0.2) is 0 Å². The van der Waals surface area contributed by atoms with E-state index in [0.717, 1.165) is 37.8 Å². The Kier molecular flexibility index (Phi) is 9.02. The average molecular weight is 272 g/mol. The fraction of sp³-hybridized carbons (Fsp3) is 0.786. The van der Waals surface area contributed by atoms with Gasteiger partial charge >= 0.3 is 5.97 Å². The summed E-state index contributed by atoms with van der Waals surface area (Å²) in [4.78, 5) is 11.5. The zero-order chi connectivity index (χ0) is 14.0. The first-order chi connectivity index (χ1) is 8.60. The van der Waals surface area contributed by atoms with E-state index in [2.05, 4.69) is 27.4 Å². The van der Waals surface area contributed by atoms with Crippen LogP contribution in [0, 0.1) is 0 Å². The third-order valence-corrected chi connectivity index (χ3v) is 8.45. The van der Waals surface area contributed by atoms with Crippen molar-refractivity contribution in [1.29, 1.82) is 0 Å². The van der Waals surface area contributed by atoms with E-state index in [0.29, 0.717) is 0 Å². The Morgan fingerprint density at radius 2 is 2.00 bits per heavy atom. The third kappa shape index (κ3) is 4.94. The van der Waals surface area contributed by atoms with Gasteiger partial charge in [0.1, 0.15) is 5.73 Å². The van der Waals surface area contributed by atoms with Crippen molar-refractivity contribution in [2.45, 2.75) is 64.3 Å². The van der Waals surface area contributed by atoms with Gasteiger partial charge in [-0.05, 0) is 18.5 Å². The van der Waals surface area contributed by atoms with Crippen molar-refractivity contribution in [1.82, 2.24) is 0 Å². The minimum Gasteiger partial charge on any atom is -0.460 e. The fourth-order valence-corrected chi connectivity index (χ4v) is 6.17. The summed E-state index contributed by atoms with van der Waals surface area (Å²) in [5.74, 6) is -0.324. The highest BCUT2D eigenvalue weighted by atomic mass is 28.4. The van der Waals surface area contributed by atoms with Crippen molar-refractivity contribution < 1.29 is 14.0 Å². The molecule has 0 amide bonds. The molecule has 0 spiro atoms. The standard InChI is InChI=1S/C14H28O3Si/c1-6-10-11-14(17-13(15)8-3)18(9-4,16-5)12-7-2/h8,14H,3,6-7,9-12H2,1-2,4-5H3. The van der Waals surface area contributed by atoms with E-state index in [4.69, 9.17) is 9.16 Å². The zero-order valence-corrected chi connectivity index (χ0v) is 13.3. The Balaban J connectivity index is 4.94. The maximum atomic E-state index is 11.5. The molecule has 106 valence electrons. The molecule has 0 aliphatic carbocycles. The summed E-state index contributed by atoms with van der Waals surface area (Å²) in [5, 5.41) is 0. The van der Waals surface area contributed by atoms with Crippen molar-refractivity contribution >= 4 is 14.3 Å². The normalized spacial score (nSPS) is 15.8. The van der Waals surface area contributed by atoms with Crippen molar-refractivity contribution in [3.05, 3.63) is 12.7 Å². The van der Waals surface area contributed by atoms with E-state index in [-0.39, 0.29) is 11.7 Å². The first-order valence-corrected chi connectivity index (χ1v) is 9.38. The van der Waals surface area contributed by atoms with Crippen LogP contribution in [0.15, 0.2) is 12.7 Å². The molecule has 0 aliphatic heterocycles. The lowest BCUT2D eigenvalue weighted by Gasteiger charge is -2.35. The molecule has 2 unspecified atom stereocenters. The number of hydrogen-bond acceptors (Lipinski definition) is 3. The van der Waals surface area contributed by atoms with Gasteiger partial charge < -0.3 is 9.16 Å². The molecule has 3 nitrogen and oxygen atoms in total. The second kappa shape index (κ2) is 9.33. The highest BCUT2D eigenvalue weighted by Crippen LogP contribution is 2.28. The summed E-state index contributed by atoms with van der Waals surface area (Å²) in [6.07, 6.45) is 5.39. The Labute approximate surface area is 113 Å². The number of hydrogen-bond donors (Lipinski definition) is 0. The smallest absolute Gasteiger partial charge is 0.330 e. The van der Waals surface area contributed by atoms with Crippen molar-refractivity contribution in [2.24, 2.45) is 0 Å². The lowest BCUT2D eigenvalue weighted by Crippen LogP contribution is -2.51. The molecule has 0 aromatic carbocycles. The summed E-state index contributed by atoms with van der Waals surface area (Å²) in [6.45, 7) is 9.92. The van der Waals surface area contributed by atoms with Gasteiger partial charge in [-0.3, -0.25) is 0 Å².